The minimum Gasteiger partial charge on any atom is -0.352 e. The van der Waals surface area contributed by atoms with E-state index in [1.165, 1.54) is 5.56 Å². The van der Waals surface area contributed by atoms with Gasteiger partial charge in [0.15, 0.2) is 0 Å². The molecule has 1 fully saturated rings. The lowest BCUT2D eigenvalue weighted by atomic mass is 10.1. The van der Waals surface area contributed by atoms with Gasteiger partial charge >= 0.3 is 0 Å². The normalized spacial score (nSPS) is 18.1. The van der Waals surface area contributed by atoms with Crippen molar-refractivity contribution in [2.24, 2.45) is 11.8 Å². The zero-order chi connectivity index (χ0) is 18.8. The Hall–Kier alpha value is -3.21. The summed E-state index contributed by atoms with van der Waals surface area (Å²) in [4.78, 5) is 29.2. The lowest BCUT2D eigenvalue weighted by Gasteiger charge is -2.08. The van der Waals surface area contributed by atoms with Crippen LogP contribution in [-0.2, 0) is 16.1 Å². The second-order valence-corrected chi connectivity index (χ2v) is 7.02. The van der Waals surface area contributed by atoms with Crippen LogP contribution in [0.3, 0.4) is 0 Å². The first-order valence-electron chi connectivity index (χ1n) is 9.10. The van der Waals surface area contributed by atoms with Crippen LogP contribution in [-0.4, -0.2) is 16.8 Å². The SMILES string of the molecule is Cc1ccc(CNC(=O)C2CC2C(=O)Nc2cccc3cccnc23)cc1. The van der Waals surface area contributed by atoms with Crippen molar-refractivity contribution in [1.29, 1.82) is 0 Å². The number of pyridine rings is 1. The van der Waals surface area contributed by atoms with Gasteiger partial charge in [0.25, 0.3) is 0 Å². The highest BCUT2D eigenvalue weighted by molar-refractivity contribution is 6.04. The molecule has 0 aliphatic heterocycles. The summed E-state index contributed by atoms with van der Waals surface area (Å²) in [5.74, 6) is -0.712. The van der Waals surface area contributed by atoms with Crippen molar-refractivity contribution in [3.05, 3.63) is 71.9 Å². The van der Waals surface area contributed by atoms with E-state index in [0.717, 1.165) is 16.5 Å². The fourth-order valence-electron chi connectivity index (χ4n) is 3.23. The number of hydrogen-bond acceptors (Lipinski definition) is 3. The van der Waals surface area contributed by atoms with Gasteiger partial charge in [0, 0.05) is 18.1 Å². The van der Waals surface area contributed by atoms with Gasteiger partial charge in [-0.15, -0.1) is 0 Å². The number of nitrogens with zero attached hydrogens (tertiary/aromatic N) is 1. The summed E-state index contributed by atoms with van der Waals surface area (Å²) < 4.78 is 0. The summed E-state index contributed by atoms with van der Waals surface area (Å²) in [6, 6.07) is 17.5. The Balaban J connectivity index is 1.34. The Labute approximate surface area is 157 Å². The first kappa shape index (κ1) is 17.2. The average molecular weight is 359 g/mol. The Kier molecular flexibility index (Phi) is 4.59. The molecule has 2 aromatic carbocycles. The number of fused-ring (bicyclic) bond motifs is 1. The highest BCUT2D eigenvalue weighted by Crippen LogP contribution is 2.40. The summed E-state index contributed by atoms with van der Waals surface area (Å²) in [5.41, 5.74) is 3.68. The number of anilines is 1. The van der Waals surface area contributed by atoms with Crippen LogP contribution in [0.2, 0.25) is 0 Å². The monoisotopic (exact) mass is 359 g/mol. The highest BCUT2D eigenvalue weighted by Gasteiger charge is 2.48. The number of para-hydroxylation sites is 1. The average Bonchev–Trinajstić information content (AvgIpc) is 3.49. The summed E-state index contributed by atoms with van der Waals surface area (Å²) in [6.07, 6.45) is 2.29. The highest BCUT2D eigenvalue weighted by atomic mass is 16.2. The molecular weight excluding hydrogens is 338 g/mol. The molecule has 5 nitrogen and oxygen atoms in total. The molecule has 1 saturated carbocycles. The zero-order valence-electron chi connectivity index (χ0n) is 15.1. The predicted octanol–water partition coefficient (Wildman–Crippen LogP) is 3.43. The molecule has 4 rings (SSSR count). The Morgan fingerprint density at radius 2 is 1.74 bits per heavy atom. The predicted molar refractivity (Wildman–Crippen MR) is 105 cm³/mol. The molecule has 136 valence electrons. The fourth-order valence-corrected chi connectivity index (χ4v) is 3.23. The Morgan fingerprint density at radius 3 is 2.56 bits per heavy atom. The lowest BCUT2D eigenvalue weighted by Crippen LogP contribution is -2.27. The van der Waals surface area contributed by atoms with E-state index in [4.69, 9.17) is 0 Å². The summed E-state index contributed by atoms with van der Waals surface area (Å²) >= 11 is 0. The van der Waals surface area contributed by atoms with Crippen LogP contribution in [0, 0.1) is 18.8 Å². The Bertz CT molecular complexity index is 993. The molecule has 1 aliphatic rings. The molecule has 27 heavy (non-hydrogen) atoms. The first-order chi connectivity index (χ1) is 13.1. The van der Waals surface area contributed by atoms with E-state index in [2.05, 4.69) is 15.6 Å². The maximum atomic E-state index is 12.5. The van der Waals surface area contributed by atoms with Gasteiger partial charge in [0.2, 0.25) is 11.8 Å². The van der Waals surface area contributed by atoms with Gasteiger partial charge in [0.1, 0.15) is 0 Å². The van der Waals surface area contributed by atoms with Crippen molar-refractivity contribution in [3.63, 3.8) is 0 Å². The van der Waals surface area contributed by atoms with Crippen LogP contribution in [0.15, 0.2) is 60.8 Å². The van der Waals surface area contributed by atoms with Gasteiger partial charge in [-0.1, -0.05) is 48.0 Å². The Morgan fingerprint density at radius 1 is 1.00 bits per heavy atom. The number of hydrogen-bond donors (Lipinski definition) is 2. The van der Waals surface area contributed by atoms with Crippen molar-refractivity contribution in [2.45, 2.75) is 19.9 Å². The molecule has 2 unspecified atom stereocenters. The van der Waals surface area contributed by atoms with Gasteiger partial charge in [-0.05, 0) is 31.0 Å². The number of nitrogens with one attached hydrogen (secondary N) is 2. The third-order valence-corrected chi connectivity index (χ3v) is 4.94. The standard InChI is InChI=1S/C22H21N3O2/c1-14-7-9-15(10-8-14)13-24-21(26)17-12-18(17)22(27)25-19-6-2-4-16-5-3-11-23-20(16)19/h2-11,17-18H,12-13H2,1H3,(H,24,26)(H,25,27). The van der Waals surface area contributed by atoms with Crippen molar-refractivity contribution < 1.29 is 9.59 Å². The molecule has 1 aliphatic carbocycles. The van der Waals surface area contributed by atoms with Crippen LogP contribution >= 0.6 is 0 Å². The molecule has 0 bridgehead atoms. The van der Waals surface area contributed by atoms with Gasteiger partial charge in [-0.2, -0.15) is 0 Å². The van der Waals surface area contributed by atoms with E-state index in [9.17, 15) is 9.59 Å². The van der Waals surface area contributed by atoms with Gasteiger partial charge in [0.05, 0.1) is 23.0 Å². The number of rotatable bonds is 5. The molecule has 3 aromatic rings. The minimum absolute atomic E-state index is 0.0632. The van der Waals surface area contributed by atoms with E-state index < -0.39 is 0 Å². The second-order valence-electron chi connectivity index (χ2n) is 7.02. The largest absolute Gasteiger partial charge is 0.352 e. The quantitative estimate of drug-likeness (QED) is 0.733. The number of carbonyl (C=O) groups excluding carboxylic acids is 2. The van der Waals surface area contributed by atoms with E-state index in [0.29, 0.717) is 18.7 Å². The van der Waals surface area contributed by atoms with Crippen molar-refractivity contribution in [3.8, 4) is 0 Å². The molecule has 5 heteroatoms. The van der Waals surface area contributed by atoms with E-state index in [1.807, 2.05) is 61.5 Å². The molecule has 2 amide bonds. The number of benzene rings is 2. The van der Waals surface area contributed by atoms with Crippen molar-refractivity contribution in [1.82, 2.24) is 10.3 Å². The molecule has 0 saturated heterocycles. The molecule has 2 atom stereocenters. The number of amides is 2. The molecular formula is C22H21N3O2. The summed E-state index contributed by atoms with van der Waals surface area (Å²) in [6.45, 7) is 2.51. The third kappa shape index (κ3) is 3.82. The smallest absolute Gasteiger partial charge is 0.228 e. The topological polar surface area (TPSA) is 71.1 Å². The first-order valence-corrected chi connectivity index (χ1v) is 9.10. The number of aryl methyl sites for hydroxylation is 1. The van der Waals surface area contributed by atoms with Crippen LogP contribution in [0.1, 0.15) is 17.5 Å². The van der Waals surface area contributed by atoms with Crippen LogP contribution in [0.25, 0.3) is 10.9 Å². The second kappa shape index (κ2) is 7.19. The van der Waals surface area contributed by atoms with Crippen LogP contribution in [0.5, 0.6) is 0 Å². The maximum Gasteiger partial charge on any atom is 0.228 e. The minimum atomic E-state index is -0.276. The van der Waals surface area contributed by atoms with Crippen molar-refractivity contribution >= 4 is 28.4 Å². The van der Waals surface area contributed by atoms with E-state index in [1.54, 1.807) is 6.20 Å². The third-order valence-electron chi connectivity index (χ3n) is 4.94. The summed E-state index contributed by atoms with van der Waals surface area (Å²) in [7, 11) is 0. The van der Waals surface area contributed by atoms with Crippen LogP contribution < -0.4 is 10.6 Å². The van der Waals surface area contributed by atoms with Gasteiger partial charge in [-0.3, -0.25) is 14.6 Å². The number of carbonyl (C=O) groups is 2. The lowest BCUT2D eigenvalue weighted by molar-refractivity contribution is -0.125. The molecule has 1 heterocycles. The zero-order valence-corrected chi connectivity index (χ0v) is 15.1. The van der Waals surface area contributed by atoms with Crippen LogP contribution in [0.4, 0.5) is 5.69 Å². The molecule has 0 spiro atoms. The fraction of sp³-hybridized carbons (Fsp3) is 0.227. The van der Waals surface area contributed by atoms with E-state index in [-0.39, 0.29) is 23.7 Å². The number of aromatic nitrogens is 1. The van der Waals surface area contributed by atoms with E-state index >= 15 is 0 Å². The van der Waals surface area contributed by atoms with Gasteiger partial charge in [-0.25, -0.2) is 0 Å². The van der Waals surface area contributed by atoms with Crippen molar-refractivity contribution in [2.75, 3.05) is 5.32 Å². The molecule has 1 aromatic heterocycles. The summed E-state index contributed by atoms with van der Waals surface area (Å²) in [5, 5.41) is 6.83. The maximum absolute atomic E-state index is 12.5. The molecule has 2 N–H and O–H groups in total. The molecule has 0 radical (unpaired) electrons. The van der Waals surface area contributed by atoms with Gasteiger partial charge < -0.3 is 10.6 Å².